The van der Waals surface area contributed by atoms with E-state index in [0.717, 1.165) is 12.1 Å². The lowest BCUT2D eigenvalue weighted by Crippen LogP contribution is -2.23. The minimum absolute atomic E-state index is 0.0124. The summed E-state index contributed by atoms with van der Waals surface area (Å²) in [6.07, 6.45) is 10.5. The van der Waals surface area contributed by atoms with Crippen LogP contribution in [0.3, 0.4) is 0 Å². The van der Waals surface area contributed by atoms with Gasteiger partial charge in [-0.1, -0.05) is 12.2 Å². The molecular formula is C11H12N2O. The van der Waals surface area contributed by atoms with Gasteiger partial charge >= 0.3 is 0 Å². The first-order valence-electron chi connectivity index (χ1n) is 4.64. The highest BCUT2D eigenvalue weighted by Gasteiger charge is 2.17. The Morgan fingerprint density at radius 2 is 2.43 bits per heavy atom. The molecule has 3 nitrogen and oxygen atoms in total. The smallest absolute Gasteiger partial charge is 0.220 e. The maximum absolute atomic E-state index is 10.9. The molecule has 3 heteroatoms. The van der Waals surface area contributed by atoms with Gasteiger partial charge in [-0.15, -0.1) is 0 Å². The third kappa shape index (κ3) is 1.82. The lowest BCUT2D eigenvalue weighted by Gasteiger charge is -2.21. The van der Waals surface area contributed by atoms with E-state index in [9.17, 15) is 4.79 Å². The molecule has 1 heterocycles. The summed E-state index contributed by atoms with van der Waals surface area (Å²) in [5.41, 5.74) is 2.19. The summed E-state index contributed by atoms with van der Waals surface area (Å²) in [4.78, 5) is 14.9. The van der Waals surface area contributed by atoms with Crippen molar-refractivity contribution in [2.75, 3.05) is 0 Å². The predicted molar refractivity (Wildman–Crippen MR) is 55.7 cm³/mol. The Balaban J connectivity index is 2.15. The Morgan fingerprint density at radius 1 is 1.57 bits per heavy atom. The van der Waals surface area contributed by atoms with Crippen LogP contribution in [0.4, 0.5) is 0 Å². The van der Waals surface area contributed by atoms with Crippen LogP contribution >= 0.6 is 0 Å². The van der Waals surface area contributed by atoms with Crippen LogP contribution in [-0.2, 0) is 4.79 Å². The number of carbonyl (C=O) groups excluding carboxylic acids is 1. The maximum Gasteiger partial charge on any atom is 0.220 e. The van der Waals surface area contributed by atoms with E-state index < -0.39 is 0 Å². The van der Waals surface area contributed by atoms with Gasteiger partial charge in [0.25, 0.3) is 0 Å². The fraction of sp³-hybridized carbons (Fsp3) is 0.273. The fourth-order valence-electron chi connectivity index (χ4n) is 1.66. The molecule has 2 rings (SSSR count). The maximum atomic E-state index is 10.9. The van der Waals surface area contributed by atoms with Gasteiger partial charge in [0.1, 0.15) is 0 Å². The summed E-state index contributed by atoms with van der Waals surface area (Å²) in [7, 11) is 0. The Bertz CT molecular complexity index is 375. The minimum Gasteiger partial charge on any atom is -0.330 e. The fourth-order valence-corrected chi connectivity index (χ4v) is 1.66. The molecule has 1 atom stereocenters. The second-order valence-electron chi connectivity index (χ2n) is 3.47. The van der Waals surface area contributed by atoms with Crippen molar-refractivity contribution >= 4 is 12.1 Å². The van der Waals surface area contributed by atoms with Crippen LogP contribution < -0.4 is 5.32 Å². The number of nitrogens with one attached hydrogen (secondary N) is 1. The van der Waals surface area contributed by atoms with Crippen molar-refractivity contribution in [1.82, 2.24) is 5.32 Å². The van der Waals surface area contributed by atoms with Gasteiger partial charge in [-0.25, -0.2) is 0 Å². The van der Waals surface area contributed by atoms with Gasteiger partial charge in [-0.3, -0.25) is 9.79 Å². The van der Waals surface area contributed by atoms with Gasteiger partial charge in [-0.05, 0) is 18.1 Å². The van der Waals surface area contributed by atoms with Crippen molar-refractivity contribution in [3.8, 4) is 0 Å². The van der Waals surface area contributed by atoms with E-state index in [2.05, 4.69) is 16.4 Å². The van der Waals surface area contributed by atoms with E-state index in [1.54, 1.807) is 6.20 Å². The number of fused-ring (bicyclic) bond motifs is 1. The highest BCUT2D eigenvalue weighted by Crippen LogP contribution is 2.26. The number of aliphatic imine (C=N–C) groups is 1. The summed E-state index contributed by atoms with van der Waals surface area (Å²) < 4.78 is 0. The van der Waals surface area contributed by atoms with E-state index in [-0.39, 0.29) is 5.91 Å². The van der Waals surface area contributed by atoms with Crippen molar-refractivity contribution in [3.63, 3.8) is 0 Å². The lowest BCUT2D eigenvalue weighted by atomic mass is 9.89. The van der Waals surface area contributed by atoms with Gasteiger partial charge in [0.2, 0.25) is 5.91 Å². The van der Waals surface area contributed by atoms with E-state index in [1.807, 2.05) is 18.4 Å². The molecule has 0 aromatic rings. The predicted octanol–water partition coefficient (Wildman–Crippen LogP) is 1.55. The second kappa shape index (κ2) is 3.62. The molecule has 1 unspecified atom stereocenters. The van der Waals surface area contributed by atoms with E-state index >= 15 is 0 Å². The number of carbonyl (C=O) groups is 1. The Labute approximate surface area is 82.9 Å². The molecule has 2 aliphatic rings. The summed E-state index contributed by atoms with van der Waals surface area (Å²) in [6, 6.07) is 0. The van der Waals surface area contributed by atoms with Crippen molar-refractivity contribution in [2.24, 2.45) is 10.9 Å². The van der Waals surface area contributed by atoms with Crippen LogP contribution in [0.15, 0.2) is 40.7 Å². The summed E-state index contributed by atoms with van der Waals surface area (Å²) >= 11 is 0. The van der Waals surface area contributed by atoms with Crippen molar-refractivity contribution < 1.29 is 4.79 Å². The highest BCUT2D eigenvalue weighted by molar-refractivity contribution is 5.83. The van der Waals surface area contributed by atoms with Crippen molar-refractivity contribution in [2.45, 2.75) is 13.3 Å². The highest BCUT2D eigenvalue weighted by atomic mass is 16.1. The quantitative estimate of drug-likeness (QED) is 0.666. The molecule has 1 aliphatic heterocycles. The number of hydrogen-bond donors (Lipinski definition) is 1. The largest absolute Gasteiger partial charge is 0.330 e. The van der Waals surface area contributed by atoms with Crippen molar-refractivity contribution in [1.29, 1.82) is 0 Å². The first-order valence-corrected chi connectivity index (χ1v) is 4.64. The molecule has 1 amide bonds. The molecule has 14 heavy (non-hydrogen) atoms. The molecule has 0 fully saturated rings. The topological polar surface area (TPSA) is 41.5 Å². The van der Waals surface area contributed by atoms with Crippen LogP contribution in [0.2, 0.25) is 0 Å². The Morgan fingerprint density at radius 3 is 3.21 bits per heavy atom. The molecule has 72 valence electrons. The van der Waals surface area contributed by atoms with Crippen LogP contribution in [0.1, 0.15) is 13.3 Å². The number of allylic oxidation sites excluding steroid dienone is 5. The zero-order valence-electron chi connectivity index (χ0n) is 8.03. The Kier molecular flexibility index (Phi) is 2.31. The number of rotatable bonds is 1. The van der Waals surface area contributed by atoms with E-state index in [4.69, 9.17) is 0 Å². The molecule has 1 N–H and O–H groups in total. The van der Waals surface area contributed by atoms with Crippen LogP contribution in [-0.4, -0.2) is 12.1 Å². The first kappa shape index (κ1) is 8.94. The number of amides is 1. The van der Waals surface area contributed by atoms with Gasteiger partial charge in [-0.2, -0.15) is 0 Å². The first-order chi connectivity index (χ1) is 6.75. The monoisotopic (exact) mass is 188 g/mol. The molecule has 0 bridgehead atoms. The van der Waals surface area contributed by atoms with Gasteiger partial charge in [0.05, 0.1) is 0 Å². The molecule has 0 saturated carbocycles. The summed E-state index contributed by atoms with van der Waals surface area (Å²) in [5.74, 6) is 0.362. The van der Waals surface area contributed by atoms with E-state index in [0.29, 0.717) is 5.92 Å². The van der Waals surface area contributed by atoms with Crippen LogP contribution in [0.5, 0.6) is 0 Å². The number of hydrogen-bond acceptors (Lipinski definition) is 2. The second-order valence-corrected chi connectivity index (χ2v) is 3.47. The minimum atomic E-state index is -0.0124. The standard InChI is InChI=1S/C11H12N2O/c1-8(14)13-11-3-2-10-7-12-5-4-9(10)6-11/h2-5,7,9H,6H2,1H3,(H,13,14). The zero-order valence-corrected chi connectivity index (χ0v) is 8.03. The number of nitrogens with zero attached hydrogens (tertiary/aromatic N) is 1. The van der Waals surface area contributed by atoms with Crippen LogP contribution in [0.25, 0.3) is 0 Å². The molecule has 0 saturated heterocycles. The van der Waals surface area contributed by atoms with Gasteiger partial charge < -0.3 is 5.32 Å². The molecule has 0 aromatic heterocycles. The zero-order chi connectivity index (χ0) is 9.97. The third-order valence-corrected chi connectivity index (χ3v) is 2.31. The molecule has 0 radical (unpaired) electrons. The average molecular weight is 188 g/mol. The van der Waals surface area contributed by atoms with Gasteiger partial charge in [0, 0.05) is 31.0 Å². The average Bonchev–Trinajstić information content (AvgIpc) is 2.17. The summed E-state index contributed by atoms with van der Waals surface area (Å²) in [6.45, 7) is 1.53. The Hall–Kier alpha value is -1.64. The molecular weight excluding hydrogens is 176 g/mol. The molecule has 1 aliphatic carbocycles. The molecule has 0 spiro atoms. The van der Waals surface area contributed by atoms with E-state index in [1.165, 1.54) is 12.5 Å². The van der Waals surface area contributed by atoms with Crippen LogP contribution in [0, 0.1) is 5.92 Å². The van der Waals surface area contributed by atoms with Gasteiger partial charge in [0.15, 0.2) is 0 Å². The lowest BCUT2D eigenvalue weighted by molar-refractivity contribution is -0.118. The molecule has 0 aromatic carbocycles. The van der Waals surface area contributed by atoms with Crippen molar-refractivity contribution in [3.05, 3.63) is 35.7 Å². The SMILES string of the molecule is CC(=O)NC1=CC=C2C=NC=CC2C1. The summed E-state index contributed by atoms with van der Waals surface area (Å²) in [5, 5.41) is 2.81. The third-order valence-electron chi connectivity index (χ3n) is 2.31. The normalized spacial score (nSPS) is 23.6.